The van der Waals surface area contributed by atoms with E-state index in [4.69, 9.17) is 17.2 Å². The Morgan fingerprint density at radius 3 is 2.09 bits per heavy atom. The maximum Gasteiger partial charge on any atom is 0.417 e. The Labute approximate surface area is 134 Å². The van der Waals surface area contributed by atoms with Crippen LogP contribution in [0.3, 0.4) is 0 Å². The number of rotatable bonds is 7. The summed E-state index contributed by atoms with van der Waals surface area (Å²) in [5.41, 5.74) is 15.0. The maximum atomic E-state index is 13.2. The molecule has 0 atom stereocenters. The van der Waals surface area contributed by atoms with Crippen LogP contribution in [0.15, 0.2) is 21.9 Å². The lowest BCUT2D eigenvalue weighted by Gasteiger charge is -2.17. The summed E-state index contributed by atoms with van der Waals surface area (Å²) >= 11 is 2.26. The van der Waals surface area contributed by atoms with Crippen LogP contribution in [-0.2, 0) is 6.18 Å². The topological polar surface area (TPSA) is 107 Å². The van der Waals surface area contributed by atoms with E-state index < -0.39 is 17.8 Å². The Bertz CT molecular complexity index is 526. The van der Waals surface area contributed by atoms with Gasteiger partial charge in [-0.15, -0.1) is 23.5 Å². The van der Waals surface area contributed by atoms with Gasteiger partial charge in [-0.2, -0.15) is 13.2 Å². The standard InChI is InChI=1S/C12H17F3N4OS2/c13-12(14,15)7-5-8(19-11(18)20)10(22-4-2-17)6-9(7)21-3-1-16/h5-6H,1-4,16-17H2,(H3,18,19,20). The van der Waals surface area contributed by atoms with Crippen LogP contribution < -0.4 is 22.5 Å². The van der Waals surface area contributed by atoms with E-state index >= 15 is 0 Å². The highest BCUT2D eigenvalue weighted by Gasteiger charge is 2.34. The van der Waals surface area contributed by atoms with Gasteiger partial charge in [-0.25, -0.2) is 4.79 Å². The van der Waals surface area contributed by atoms with Crippen LogP contribution in [0.25, 0.3) is 0 Å². The number of primary amides is 1. The molecular formula is C12H17F3N4OS2. The van der Waals surface area contributed by atoms with Crippen LogP contribution >= 0.6 is 23.5 Å². The number of carbonyl (C=O) groups excluding carboxylic acids is 1. The molecule has 0 aliphatic rings. The first-order valence-electron chi connectivity index (χ1n) is 6.27. The first kappa shape index (κ1) is 18.9. The van der Waals surface area contributed by atoms with Crippen molar-refractivity contribution in [2.45, 2.75) is 16.0 Å². The Morgan fingerprint density at radius 2 is 1.64 bits per heavy atom. The molecule has 0 bridgehead atoms. The molecule has 2 amide bonds. The number of amides is 2. The number of carbonyl (C=O) groups is 1. The number of urea groups is 1. The Morgan fingerprint density at radius 1 is 1.09 bits per heavy atom. The second kappa shape index (κ2) is 8.51. The van der Waals surface area contributed by atoms with Crippen molar-refractivity contribution in [2.24, 2.45) is 17.2 Å². The van der Waals surface area contributed by atoms with Crippen LogP contribution in [0.4, 0.5) is 23.7 Å². The summed E-state index contributed by atoms with van der Waals surface area (Å²) in [5, 5.41) is 2.22. The van der Waals surface area contributed by atoms with Crippen molar-refractivity contribution in [2.75, 3.05) is 29.9 Å². The van der Waals surface area contributed by atoms with Crippen molar-refractivity contribution >= 4 is 35.2 Å². The smallest absolute Gasteiger partial charge is 0.351 e. The molecule has 1 aromatic carbocycles. The number of anilines is 1. The van der Waals surface area contributed by atoms with Crippen molar-refractivity contribution in [3.63, 3.8) is 0 Å². The van der Waals surface area contributed by atoms with E-state index in [2.05, 4.69) is 5.32 Å². The second-order valence-corrected chi connectivity index (χ2v) is 6.38. The number of nitrogens with two attached hydrogens (primary N) is 3. The molecule has 22 heavy (non-hydrogen) atoms. The van der Waals surface area contributed by atoms with Gasteiger partial charge in [0.1, 0.15) is 0 Å². The first-order chi connectivity index (χ1) is 10.3. The number of hydrogen-bond donors (Lipinski definition) is 4. The van der Waals surface area contributed by atoms with Crippen LogP contribution in [-0.4, -0.2) is 30.6 Å². The summed E-state index contributed by atoms with van der Waals surface area (Å²) < 4.78 is 39.5. The largest absolute Gasteiger partial charge is 0.417 e. The van der Waals surface area contributed by atoms with Gasteiger partial charge in [-0.05, 0) is 12.1 Å². The molecular weight excluding hydrogens is 337 g/mol. The van der Waals surface area contributed by atoms with E-state index in [1.807, 2.05) is 0 Å². The quantitative estimate of drug-likeness (QED) is 0.562. The fourth-order valence-corrected chi connectivity index (χ4v) is 3.34. The minimum Gasteiger partial charge on any atom is -0.351 e. The Kier molecular flexibility index (Phi) is 7.33. The van der Waals surface area contributed by atoms with Gasteiger partial charge in [-0.1, -0.05) is 0 Å². The van der Waals surface area contributed by atoms with Gasteiger partial charge in [0, 0.05) is 34.4 Å². The molecule has 1 rings (SSSR count). The van der Waals surface area contributed by atoms with E-state index in [1.54, 1.807) is 0 Å². The SMILES string of the molecule is NCCSc1cc(SCCN)c(C(F)(F)F)cc1NC(N)=O. The minimum atomic E-state index is -4.54. The van der Waals surface area contributed by atoms with Crippen LogP contribution in [0, 0.1) is 0 Å². The van der Waals surface area contributed by atoms with Gasteiger partial charge in [0.2, 0.25) is 0 Å². The Hall–Kier alpha value is -1.10. The zero-order valence-corrected chi connectivity index (χ0v) is 13.2. The van der Waals surface area contributed by atoms with Gasteiger partial charge >= 0.3 is 12.2 Å². The molecule has 7 N–H and O–H groups in total. The molecule has 124 valence electrons. The predicted octanol–water partition coefficient (Wildman–Crippen LogP) is 2.30. The summed E-state index contributed by atoms with van der Waals surface area (Å²) in [5.74, 6) is 0.854. The molecule has 0 aromatic heterocycles. The predicted molar refractivity (Wildman–Crippen MR) is 84.2 cm³/mol. The van der Waals surface area contributed by atoms with Gasteiger partial charge in [0.05, 0.1) is 11.3 Å². The van der Waals surface area contributed by atoms with Crippen molar-refractivity contribution in [3.05, 3.63) is 17.7 Å². The third-order valence-electron chi connectivity index (χ3n) is 2.40. The lowest BCUT2D eigenvalue weighted by molar-refractivity contribution is -0.139. The Balaban J connectivity index is 3.31. The van der Waals surface area contributed by atoms with Gasteiger partial charge in [0.15, 0.2) is 0 Å². The molecule has 0 heterocycles. The molecule has 0 unspecified atom stereocenters. The van der Waals surface area contributed by atoms with E-state index in [9.17, 15) is 18.0 Å². The number of benzene rings is 1. The zero-order chi connectivity index (χ0) is 16.8. The summed E-state index contributed by atoms with van der Waals surface area (Å²) in [6.07, 6.45) is -4.54. The lowest BCUT2D eigenvalue weighted by atomic mass is 10.2. The fourth-order valence-electron chi connectivity index (χ4n) is 1.59. The van der Waals surface area contributed by atoms with Gasteiger partial charge < -0.3 is 22.5 Å². The minimum absolute atomic E-state index is 0.0235. The molecule has 0 saturated carbocycles. The average molecular weight is 354 g/mol. The molecule has 0 radical (unpaired) electrons. The number of halogens is 3. The molecule has 0 aliphatic heterocycles. The number of nitrogens with one attached hydrogen (secondary N) is 1. The summed E-state index contributed by atoms with van der Waals surface area (Å²) in [4.78, 5) is 11.5. The first-order valence-corrected chi connectivity index (χ1v) is 8.24. The van der Waals surface area contributed by atoms with Gasteiger partial charge in [-0.3, -0.25) is 0 Å². The molecule has 0 saturated heterocycles. The highest BCUT2D eigenvalue weighted by atomic mass is 32.2. The number of hydrogen-bond acceptors (Lipinski definition) is 5. The van der Waals surface area contributed by atoms with Crippen molar-refractivity contribution in [1.29, 1.82) is 0 Å². The molecule has 0 fully saturated rings. The van der Waals surface area contributed by atoms with E-state index in [1.165, 1.54) is 17.8 Å². The zero-order valence-electron chi connectivity index (χ0n) is 11.6. The fraction of sp³-hybridized carbons (Fsp3) is 0.417. The summed E-state index contributed by atoms with van der Waals surface area (Å²) in [7, 11) is 0. The van der Waals surface area contributed by atoms with Crippen molar-refractivity contribution < 1.29 is 18.0 Å². The molecule has 0 spiro atoms. The van der Waals surface area contributed by atoms with E-state index in [0.717, 1.165) is 17.8 Å². The molecule has 1 aromatic rings. The average Bonchev–Trinajstić information content (AvgIpc) is 2.42. The summed E-state index contributed by atoms with van der Waals surface area (Å²) in [6.45, 7) is 0.613. The molecule has 0 aliphatic carbocycles. The van der Waals surface area contributed by atoms with Crippen LogP contribution in [0.2, 0.25) is 0 Å². The highest BCUT2D eigenvalue weighted by Crippen LogP contribution is 2.42. The van der Waals surface area contributed by atoms with E-state index in [0.29, 0.717) is 22.9 Å². The van der Waals surface area contributed by atoms with Crippen molar-refractivity contribution in [3.8, 4) is 0 Å². The van der Waals surface area contributed by atoms with Gasteiger partial charge in [0.25, 0.3) is 0 Å². The lowest BCUT2D eigenvalue weighted by Crippen LogP contribution is -2.20. The highest BCUT2D eigenvalue weighted by molar-refractivity contribution is 8.00. The normalized spacial score (nSPS) is 11.5. The number of alkyl halides is 3. The van der Waals surface area contributed by atoms with Crippen LogP contribution in [0.5, 0.6) is 0 Å². The van der Waals surface area contributed by atoms with Crippen LogP contribution in [0.1, 0.15) is 5.56 Å². The molecule has 10 heteroatoms. The second-order valence-electron chi connectivity index (χ2n) is 4.11. The van der Waals surface area contributed by atoms with E-state index in [-0.39, 0.29) is 17.1 Å². The number of thioether (sulfide) groups is 2. The van der Waals surface area contributed by atoms with Crippen molar-refractivity contribution in [1.82, 2.24) is 0 Å². The monoisotopic (exact) mass is 354 g/mol. The third-order valence-corrected chi connectivity index (χ3v) is 4.57. The maximum absolute atomic E-state index is 13.2. The molecule has 5 nitrogen and oxygen atoms in total. The third kappa shape index (κ3) is 5.59. The summed E-state index contributed by atoms with van der Waals surface area (Å²) in [6, 6.07) is 1.35.